The molecule has 0 radical (unpaired) electrons. The van der Waals surface area contributed by atoms with Crippen molar-refractivity contribution in [3.63, 3.8) is 0 Å². The van der Waals surface area contributed by atoms with E-state index in [1.54, 1.807) is 0 Å². The molecule has 9 nitrogen and oxygen atoms in total. The number of hydrogen-bond acceptors (Lipinski definition) is 8. The summed E-state index contributed by atoms with van der Waals surface area (Å²) in [7, 11) is 0. The maximum absolute atomic E-state index is 13.0. The number of amides is 1. The second-order valence-electron chi connectivity index (χ2n) is 16.9. The fourth-order valence-corrected chi connectivity index (χ4v) is 7.87. The molecular weight excluding hydrogens is 695 g/mol. The van der Waals surface area contributed by atoms with Crippen LogP contribution in [0.3, 0.4) is 0 Å². The molecule has 1 heterocycles. The smallest absolute Gasteiger partial charge is 0.220 e. The minimum atomic E-state index is -1.55. The Kier molecular flexibility index (Phi) is 35.6. The van der Waals surface area contributed by atoms with Crippen LogP contribution in [-0.4, -0.2) is 87.5 Å². The van der Waals surface area contributed by atoms with Crippen molar-refractivity contribution in [3.8, 4) is 0 Å². The van der Waals surface area contributed by atoms with E-state index in [1.165, 1.54) is 167 Å². The number of rotatable bonds is 40. The Balaban J connectivity index is 2.22. The highest BCUT2D eigenvalue weighted by atomic mass is 16.7. The number of carbonyl (C=O) groups is 1. The predicted molar refractivity (Wildman–Crippen MR) is 226 cm³/mol. The fourth-order valence-electron chi connectivity index (χ4n) is 7.87. The molecule has 0 saturated carbocycles. The van der Waals surface area contributed by atoms with Crippen LogP contribution in [0.1, 0.15) is 232 Å². The SMILES string of the molecule is CCCCCCCCCCCCCCCCCCCCCCCCC(=O)N[C@@H](CO[C@@H]1O[C@H](CO)[C@@H](O)C(O)C1O)[C@H](O)CCCCCCCCCCCC. The molecule has 1 rings (SSSR count). The van der Waals surface area contributed by atoms with E-state index in [-0.39, 0.29) is 12.5 Å². The molecule has 0 aliphatic carbocycles. The lowest BCUT2D eigenvalue weighted by Crippen LogP contribution is -2.60. The number of ether oxygens (including phenoxy) is 2. The number of nitrogens with one attached hydrogen (secondary N) is 1. The summed E-state index contributed by atoms with van der Waals surface area (Å²) in [5.74, 6) is -0.141. The van der Waals surface area contributed by atoms with Gasteiger partial charge in [0.25, 0.3) is 0 Å². The topological polar surface area (TPSA) is 149 Å². The molecule has 1 aliphatic heterocycles. The first-order valence-electron chi connectivity index (χ1n) is 23.7. The number of carbonyl (C=O) groups excluding carboxylic acids is 1. The average Bonchev–Trinajstić information content (AvgIpc) is 3.18. The van der Waals surface area contributed by atoms with Gasteiger partial charge in [0.15, 0.2) is 6.29 Å². The summed E-state index contributed by atoms with van der Waals surface area (Å²) in [6.45, 7) is 3.83. The van der Waals surface area contributed by atoms with Gasteiger partial charge in [0.2, 0.25) is 5.91 Å². The zero-order valence-corrected chi connectivity index (χ0v) is 36.0. The van der Waals surface area contributed by atoms with E-state index in [4.69, 9.17) is 9.47 Å². The summed E-state index contributed by atoms with van der Waals surface area (Å²) in [5, 5.41) is 54.2. The van der Waals surface area contributed by atoms with Gasteiger partial charge in [-0.15, -0.1) is 0 Å². The maximum Gasteiger partial charge on any atom is 0.220 e. The van der Waals surface area contributed by atoms with Gasteiger partial charge in [-0.25, -0.2) is 0 Å². The van der Waals surface area contributed by atoms with Crippen LogP contribution in [0.15, 0.2) is 0 Å². The van der Waals surface area contributed by atoms with E-state index in [0.29, 0.717) is 12.8 Å². The third kappa shape index (κ3) is 28.3. The summed E-state index contributed by atoms with van der Waals surface area (Å²) in [6.07, 6.45) is 34.1. The summed E-state index contributed by atoms with van der Waals surface area (Å²) in [5.41, 5.74) is 0. The predicted octanol–water partition coefficient (Wildman–Crippen LogP) is 9.95. The maximum atomic E-state index is 13.0. The lowest BCUT2D eigenvalue weighted by Gasteiger charge is -2.40. The van der Waals surface area contributed by atoms with E-state index in [2.05, 4.69) is 19.2 Å². The lowest BCUT2D eigenvalue weighted by atomic mass is 9.99. The molecule has 55 heavy (non-hydrogen) atoms. The van der Waals surface area contributed by atoms with E-state index in [9.17, 15) is 30.3 Å². The van der Waals surface area contributed by atoms with Crippen molar-refractivity contribution in [2.24, 2.45) is 0 Å². The molecule has 0 aromatic heterocycles. The molecule has 0 spiro atoms. The van der Waals surface area contributed by atoms with Gasteiger partial charge in [0.1, 0.15) is 24.4 Å². The van der Waals surface area contributed by atoms with Gasteiger partial charge in [-0.1, -0.05) is 213 Å². The highest BCUT2D eigenvalue weighted by Gasteiger charge is 2.44. The minimum Gasteiger partial charge on any atom is -0.394 e. The van der Waals surface area contributed by atoms with Gasteiger partial charge >= 0.3 is 0 Å². The van der Waals surface area contributed by atoms with Crippen LogP contribution < -0.4 is 5.32 Å². The molecule has 1 aliphatic rings. The third-order valence-corrected chi connectivity index (χ3v) is 11.7. The van der Waals surface area contributed by atoms with Crippen LogP contribution >= 0.6 is 0 Å². The second-order valence-corrected chi connectivity index (χ2v) is 16.9. The van der Waals surface area contributed by atoms with Gasteiger partial charge < -0.3 is 40.3 Å². The first kappa shape index (κ1) is 52.2. The summed E-state index contributed by atoms with van der Waals surface area (Å²) in [6, 6.07) is -0.710. The molecule has 0 aromatic carbocycles. The zero-order valence-electron chi connectivity index (χ0n) is 36.0. The van der Waals surface area contributed by atoms with Crippen molar-refractivity contribution in [2.75, 3.05) is 13.2 Å². The van der Waals surface area contributed by atoms with Gasteiger partial charge in [0, 0.05) is 6.42 Å². The van der Waals surface area contributed by atoms with Crippen molar-refractivity contribution in [1.29, 1.82) is 0 Å². The fraction of sp³-hybridized carbons (Fsp3) is 0.978. The quantitative estimate of drug-likeness (QED) is 0.0337. The molecular formula is C46H91NO8. The minimum absolute atomic E-state index is 0.132. The standard InChI is InChI=1S/C46H91NO8/c1-3-5-7-9-11-13-15-16-17-18-19-20-21-22-23-24-25-26-28-30-32-34-36-42(50)47-39(38-54-46-45(53)44(52)43(51)41(37-48)55-46)40(49)35-33-31-29-27-14-12-10-8-6-4-2/h39-41,43-46,48-49,51-53H,3-38H2,1-2H3,(H,47,50)/t39-,40+,41+,43+,44?,45?,46+/m0/s1. The average molecular weight is 786 g/mol. The molecule has 1 amide bonds. The number of aliphatic hydroxyl groups is 5. The molecule has 1 saturated heterocycles. The Hall–Kier alpha value is -0.810. The monoisotopic (exact) mass is 786 g/mol. The molecule has 0 aromatic rings. The Morgan fingerprint density at radius 3 is 1.29 bits per heavy atom. The van der Waals surface area contributed by atoms with E-state index in [0.717, 1.165) is 38.5 Å². The first-order valence-corrected chi connectivity index (χ1v) is 23.7. The molecule has 6 N–H and O–H groups in total. The Bertz CT molecular complexity index is 832. The normalized spacial score (nSPS) is 21.2. The lowest BCUT2D eigenvalue weighted by molar-refractivity contribution is -0.302. The van der Waals surface area contributed by atoms with Crippen LogP contribution in [0.5, 0.6) is 0 Å². The number of hydrogen-bond donors (Lipinski definition) is 6. The molecule has 2 unspecified atom stereocenters. The van der Waals surface area contributed by atoms with Crippen molar-refractivity contribution in [3.05, 3.63) is 0 Å². The van der Waals surface area contributed by atoms with E-state index in [1.807, 2.05) is 0 Å². The van der Waals surface area contributed by atoms with Crippen LogP contribution in [0, 0.1) is 0 Å². The van der Waals surface area contributed by atoms with Gasteiger partial charge in [0.05, 0.1) is 25.4 Å². The largest absolute Gasteiger partial charge is 0.394 e. The molecule has 7 atom stereocenters. The van der Waals surface area contributed by atoms with Crippen LogP contribution in [0.25, 0.3) is 0 Å². The summed E-state index contributed by atoms with van der Waals surface area (Å²) in [4.78, 5) is 13.0. The molecule has 328 valence electrons. The van der Waals surface area contributed by atoms with Gasteiger partial charge in [-0.2, -0.15) is 0 Å². The van der Waals surface area contributed by atoms with Crippen molar-refractivity contribution < 1.29 is 39.8 Å². The van der Waals surface area contributed by atoms with Crippen molar-refractivity contribution in [2.45, 2.75) is 275 Å². The zero-order chi connectivity index (χ0) is 40.2. The Morgan fingerprint density at radius 2 is 0.909 bits per heavy atom. The van der Waals surface area contributed by atoms with Crippen LogP contribution in [0.2, 0.25) is 0 Å². The second kappa shape index (κ2) is 37.5. The van der Waals surface area contributed by atoms with Crippen LogP contribution in [-0.2, 0) is 14.3 Å². The van der Waals surface area contributed by atoms with Gasteiger partial charge in [-0.05, 0) is 12.8 Å². The highest BCUT2D eigenvalue weighted by Crippen LogP contribution is 2.23. The van der Waals surface area contributed by atoms with Crippen LogP contribution in [0.4, 0.5) is 0 Å². The first-order chi connectivity index (χ1) is 26.8. The molecule has 9 heteroatoms. The van der Waals surface area contributed by atoms with E-state index >= 15 is 0 Å². The van der Waals surface area contributed by atoms with Crippen molar-refractivity contribution in [1.82, 2.24) is 5.32 Å². The highest BCUT2D eigenvalue weighted by molar-refractivity contribution is 5.76. The van der Waals surface area contributed by atoms with E-state index < -0.39 is 49.5 Å². The Labute approximate surface area is 338 Å². The third-order valence-electron chi connectivity index (χ3n) is 11.7. The molecule has 0 bridgehead atoms. The number of aliphatic hydroxyl groups excluding tert-OH is 5. The summed E-state index contributed by atoms with van der Waals surface area (Å²) >= 11 is 0. The Morgan fingerprint density at radius 1 is 0.545 bits per heavy atom. The molecule has 1 fully saturated rings. The van der Waals surface area contributed by atoms with Gasteiger partial charge in [-0.3, -0.25) is 4.79 Å². The summed E-state index contributed by atoms with van der Waals surface area (Å²) < 4.78 is 11.2. The number of unbranched alkanes of at least 4 members (excludes halogenated alkanes) is 30. The van der Waals surface area contributed by atoms with Crippen molar-refractivity contribution >= 4 is 5.91 Å².